The van der Waals surface area contributed by atoms with Crippen LogP contribution in [-0.2, 0) is 4.74 Å². The van der Waals surface area contributed by atoms with E-state index in [-0.39, 0.29) is 11.6 Å². The number of ether oxygens (including phenoxy) is 2. The van der Waals surface area contributed by atoms with Crippen LogP contribution >= 0.6 is 0 Å². The highest BCUT2D eigenvalue weighted by Crippen LogP contribution is 2.37. The smallest absolute Gasteiger partial charge is 0.120 e. The van der Waals surface area contributed by atoms with Crippen molar-refractivity contribution in [2.24, 2.45) is 5.73 Å². The molecule has 1 aliphatic rings. The van der Waals surface area contributed by atoms with Crippen LogP contribution < -0.4 is 15.4 Å². The fourth-order valence-corrected chi connectivity index (χ4v) is 3.36. The number of hydrogen-bond acceptors (Lipinski definition) is 4. The van der Waals surface area contributed by atoms with E-state index in [0.29, 0.717) is 6.54 Å². The van der Waals surface area contributed by atoms with E-state index in [9.17, 15) is 0 Å². The summed E-state index contributed by atoms with van der Waals surface area (Å²) in [5.74, 6) is 0.867. The summed E-state index contributed by atoms with van der Waals surface area (Å²) in [7, 11) is 5.59. The van der Waals surface area contributed by atoms with E-state index in [1.54, 1.807) is 14.2 Å². The maximum atomic E-state index is 6.16. The van der Waals surface area contributed by atoms with Crippen LogP contribution in [0.15, 0.2) is 24.3 Å². The molecule has 0 saturated heterocycles. The van der Waals surface area contributed by atoms with Gasteiger partial charge in [-0.1, -0.05) is 18.9 Å². The van der Waals surface area contributed by atoms with Crippen LogP contribution in [0.2, 0.25) is 0 Å². The summed E-state index contributed by atoms with van der Waals surface area (Å²) in [4.78, 5) is 2.28. The summed E-state index contributed by atoms with van der Waals surface area (Å²) in [5.41, 5.74) is 7.16. The predicted octanol–water partition coefficient (Wildman–Crippen LogP) is 2.42. The van der Waals surface area contributed by atoms with E-state index >= 15 is 0 Å². The molecular weight excluding hydrogens is 252 g/mol. The zero-order valence-corrected chi connectivity index (χ0v) is 12.8. The van der Waals surface area contributed by atoms with Crippen molar-refractivity contribution in [3.05, 3.63) is 24.3 Å². The highest BCUT2D eigenvalue weighted by molar-refractivity contribution is 5.53. The first-order valence-corrected chi connectivity index (χ1v) is 7.28. The van der Waals surface area contributed by atoms with E-state index in [4.69, 9.17) is 15.2 Å². The molecule has 1 fully saturated rings. The first-order valence-electron chi connectivity index (χ1n) is 7.28. The number of likely N-dealkylation sites (N-methyl/N-ethyl adjacent to an activating group) is 1. The van der Waals surface area contributed by atoms with Crippen molar-refractivity contribution < 1.29 is 9.47 Å². The standard InChI is InChI=1S/C16H26N2O2/c1-18(13-7-6-8-14(11-13)19-2)16(12-17)10-5-4-9-15(16)20-3/h6-8,11,15H,4-5,9-10,12,17H2,1-3H3. The Morgan fingerprint density at radius 1 is 1.35 bits per heavy atom. The Bertz CT molecular complexity index is 438. The van der Waals surface area contributed by atoms with Gasteiger partial charge in [-0.2, -0.15) is 0 Å². The maximum Gasteiger partial charge on any atom is 0.120 e. The third-order valence-corrected chi connectivity index (χ3v) is 4.67. The topological polar surface area (TPSA) is 47.7 Å². The van der Waals surface area contributed by atoms with Crippen LogP contribution in [0.4, 0.5) is 5.69 Å². The Morgan fingerprint density at radius 2 is 2.15 bits per heavy atom. The summed E-state index contributed by atoms with van der Waals surface area (Å²) in [6, 6.07) is 8.13. The molecule has 1 aliphatic carbocycles. The quantitative estimate of drug-likeness (QED) is 0.898. The van der Waals surface area contributed by atoms with Gasteiger partial charge in [0, 0.05) is 32.5 Å². The molecule has 1 aromatic carbocycles. The normalized spacial score (nSPS) is 26.3. The maximum absolute atomic E-state index is 6.16. The Kier molecular flexibility index (Phi) is 4.89. The minimum atomic E-state index is -0.126. The lowest BCUT2D eigenvalue weighted by Gasteiger charge is -2.49. The number of nitrogens with zero attached hydrogens (tertiary/aromatic N) is 1. The van der Waals surface area contributed by atoms with Crippen LogP contribution in [-0.4, -0.2) is 39.5 Å². The van der Waals surface area contributed by atoms with E-state index in [1.807, 2.05) is 12.1 Å². The van der Waals surface area contributed by atoms with Gasteiger partial charge >= 0.3 is 0 Å². The molecule has 0 spiro atoms. The van der Waals surface area contributed by atoms with Crippen LogP contribution in [0.5, 0.6) is 5.75 Å². The molecule has 1 saturated carbocycles. The molecule has 1 aromatic rings. The molecular formula is C16H26N2O2. The number of rotatable bonds is 5. The van der Waals surface area contributed by atoms with Crippen LogP contribution in [0.25, 0.3) is 0 Å². The monoisotopic (exact) mass is 278 g/mol. The zero-order chi connectivity index (χ0) is 14.6. The van der Waals surface area contributed by atoms with Crippen LogP contribution in [0.3, 0.4) is 0 Å². The van der Waals surface area contributed by atoms with E-state index in [2.05, 4.69) is 24.1 Å². The van der Waals surface area contributed by atoms with Crippen molar-refractivity contribution in [2.75, 3.05) is 32.7 Å². The van der Waals surface area contributed by atoms with E-state index in [0.717, 1.165) is 24.3 Å². The van der Waals surface area contributed by atoms with Gasteiger partial charge in [0.25, 0.3) is 0 Å². The molecule has 0 aromatic heterocycles. The average Bonchev–Trinajstić information content (AvgIpc) is 2.53. The van der Waals surface area contributed by atoms with Crippen LogP contribution in [0.1, 0.15) is 25.7 Å². The summed E-state index contributed by atoms with van der Waals surface area (Å²) in [5, 5.41) is 0. The van der Waals surface area contributed by atoms with Gasteiger partial charge in [0.1, 0.15) is 5.75 Å². The summed E-state index contributed by atoms with van der Waals surface area (Å²) in [6.45, 7) is 0.596. The molecule has 0 radical (unpaired) electrons. The second kappa shape index (κ2) is 6.46. The van der Waals surface area contributed by atoms with Crippen molar-refractivity contribution in [1.82, 2.24) is 0 Å². The lowest BCUT2D eigenvalue weighted by molar-refractivity contribution is 0.00769. The highest BCUT2D eigenvalue weighted by atomic mass is 16.5. The van der Waals surface area contributed by atoms with Crippen molar-refractivity contribution in [3.63, 3.8) is 0 Å². The molecule has 2 N–H and O–H groups in total. The SMILES string of the molecule is COc1cccc(N(C)C2(CN)CCCCC2OC)c1. The predicted molar refractivity (Wildman–Crippen MR) is 82.4 cm³/mol. The fraction of sp³-hybridized carbons (Fsp3) is 0.625. The molecule has 2 rings (SSSR count). The number of benzene rings is 1. The van der Waals surface area contributed by atoms with Crippen molar-refractivity contribution >= 4 is 5.69 Å². The third kappa shape index (κ3) is 2.63. The average molecular weight is 278 g/mol. The van der Waals surface area contributed by atoms with Gasteiger partial charge in [-0.05, 0) is 25.0 Å². The van der Waals surface area contributed by atoms with Crippen molar-refractivity contribution in [2.45, 2.75) is 37.3 Å². The molecule has 0 aliphatic heterocycles. The highest BCUT2D eigenvalue weighted by Gasteiger charge is 2.43. The molecule has 4 heteroatoms. The number of hydrogen-bond donors (Lipinski definition) is 1. The number of nitrogens with two attached hydrogens (primary N) is 1. The van der Waals surface area contributed by atoms with Crippen molar-refractivity contribution in [1.29, 1.82) is 0 Å². The Morgan fingerprint density at radius 3 is 2.80 bits per heavy atom. The van der Waals surface area contributed by atoms with Gasteiger partial charge in [-0.15, -0.1) is 0 Å². The lowest BCUT2D eigenvalue weighted by atomic mass is 9.77. The van der Waals surface area contributed by atoms with Crippen LogP contribution in [0, 0.1) is 0 Å². The van der Waals surface area contributed by atoms with Gasteiger partial charge in [-0.25, -0.2) is 0 Å². The van der Waals surface area contributed by atoms with Gasteiger partial charge in [0.05, 0.1) is 18.8 Å². The molecule has 0 bridgehead atoms. The summed E-state index contributed by atoms with van der Waals surface area (Å²) in [6.07, 6.45) is 4.73. The van der Waals surface area contributed by atoms with Gasteiger partial charge in [0.15, 0.2) is 0 Å². The van der Waals surface area contributed by atoms with Crippen molar-refractivity contribution in [3.8, 4) is 5.75 Å². The zero-order valence-electron chi connectivity index (χ0n) is 12.8. The first kappa shape index (κ1) is 15.1. The van der Waals surface area contributed by atoms with Gasteiger partial charge in [0.2, 0.25) is 0 Å². The largest absolute Gasteiger partial charge is 0.497 e. The van der Waals surface area contributed by atoms with E-state index < -0.39 is 0 Å². The minimum Gasteiger partial charge on any atom is -0.497 e. The first-order chi connectivity index (χ1) is 9.67. The Balaban J connectivity index is 2.33. The second-order valence-corrected chi connectivity index (χ2v) is 5.54. The molecule has 0 amide bonds. The van der Waals surface area contributed by atoms with Gasteiger partial charge in [-0.3, -0.25) is 0 Å². The molecule has 0 heterocycles. The Labute approximate surface area is 121 Å². The fourth-order valence-electron chi connectivity index (χ4n) is 3.36. The molecule has 112 valence electrons. The second-order valence-electron chi connectivity index (χ2n) is 5.54. The molecule has 2 atom stereocenters. The molecule has 4 nitrogen and oxygen atoms in total. The molecule has 2 unspecified atom stereocenters. The minimum absolute atomic E-state index is 0.126. The molecule has 20 heavy (non-hydrogen) atoms. The number of methoxy groups -OCH3 is 2. The summed E-state index contributed by atoms with van der Waals surface area (Å²) < 4.78 is 11.1. The Hall–Kier alpha value is -1.26. The summed E-state index contributed by atoms with van der Waals surface area (Å²) >= 11 is 0. The van der Waals surface area contributed by atoms with Gasteiger partial charge < -0.3 is 20.1 Å². The lowest BCUT2D eigenvalue weighted by Crippen LogP contribution is -2.62. The van der Waals surface area contributed by atoms with E-state index in [1.165, 1.54) is 12.8 Å². The number of anilines is 1. The third-order valence-electron chi connectivity index (χ3n) is 4.67.